The van der Waals surface area contributed by atoms with Gasteiger partial charge >= 0.3 is 0 Å². The summed E-state index contributed by atoms with van der Waals surface area (Å²) in [4.78, 5) is 7.49. The van der Waals surface area contributed by atoms with Crippen molar-refractivity contribution in [3.63, 3.8) is 0 Å². The predicted octanol–water partition coefficient (Wildman–Crippen LogP) is 3.98. The minimum absolute atomic E-state index is 0. The number of hydrogen-bond donors (Lipinski definition) is 0. The monoisotopic (exact) mass is 866 g/mol. The molecule has 0 unspecified atom stereocenters. The number of aromatic nitrogens is 2. The normalized spacial score (nSPS) is 14.3. The molecule has 2 aromatic heterocycles. The first-order chi connectivity index (χ1) is 23.6. The summed E-state index contributed by atoms with van der Waals surface area (Å²) in [5.74, 6) is 0. The van der Waals surface area contributed by atoms with Crippen LogP contribution >= 0.6 is 44.8 Å². The van der Waals surface area contributed by atoms with E-state index in [1.165, 1.54) is 79.8 Å². The standard InChI is InChI=1S/C40H38Cl2N4S2.2BrH/c41-31-9-15-35-37(43-19-1-2-20-43)17-23-45(39(35)25-31)27-29-5-11-33(12-6-29)47-48-34-13-7-30(8-14-34)28-46-24-18-38(44-21-3-4-22-44)36-16-10-32(42)26-40(36)46;;/h5-18,23-26H,1-4,19-22,27-28H2;2*1H/q+2;;/p-2. The summed E-state index contributed by atoms with van der Waals surface area (Å²) in [7, 11) is 3.60. The Morgan fingerprint density at radius 2 is 0.880 bits per heavy atom. The quantitative estimate of drug-likeness (QED) is 0.162. The molecule has 2 fully saturated rings. The zero-order chi connectivity index (χ0) is 32.5. The predicted molar refractivity (Wildman–Crippen MR) is 204 cm³/mol. The van der Waals surface area contributed by atoms with Crippen molar-refractivity contribution in [2.75, 3.05) is 36.0 Å². The van der Waals surface area contributed by atoms with Crippen LogP contribution in [0.4, 0.5) is 11.4 Å². The van der Waals surface area contributed by atoms with Gasteiger partial charge in [0.15, 0.2) is 25.5 Å². The molecule has 0 saturated carbocycles. The largest absolute Gasteiger partial charge is 1.00 e. The third-order valence-corrected chi connectivity index (χ3v) is 12.5. The van der Waals surface area contributed by atoms with Crippen LogP contribution < -0.4 is 52.9 Å². The van der Waals surface area contributed by atoms with Gasteiger partial charge in [-0.15, -0.1) is 0 Å². The highest BCUT2D eigenvalue weighted by atomic mass is 79.9. The van der Waals surface area contributed by atoms with E-state index in [0.717, 1.165) is 49.3 Å². The maximum atomic E-state index is 6.47. The van der Waals surface area contributed by atoms with Crippen LogP contribution in [0.2, 0.25) is 10.0 Å². The van der Waals surface area contributed by atoms with E-state index in [1.807, 2.05) is 12.1 Å². The van der Waals surface area contributed by atoms with E-state index in [9.17, 15) is 0 Å². The molecule has 2 aliphatic rings. The number of halogens is 4. The van der Waals surface area contributed by atoms with Gasteiger partial charge < -0.3 is 43.8 Å². The molecule has 0 atom stereocenters. The fraction of sp³-hybridized carbons (Fsp3) is 0.250. The highest BCUT2D eigenvalue weighted by Gasteiger charge is 2.22. The molecule has 4 nitrogen and oxygen atoms in total. The molecule has 0 N–H and O–H groups in total. The molecule has 8 rings (SSSR count). The van der Waals surface area contributed by atoms with Crippen LogP contribution in [0.1, 0.15) is 36.8 Å². The van der Waals surface area contributed by atoms with Gasteiger partial charge in [-0.2, -0.15) is 9.13 Å². The van der Waals surface area contributed by atoms with Crippen LogP contribution in [0.5, 0.6) is 0 Å². The molecule has 4 heterocycles. The average Bonchev–Trinajstić information content (AvgIpc) is 3.85. The van der Waals surface area contributed by atoms with Gasteiger partial charge in [-0.1, -0.05) is 69.1 Å². The van der Waals surface area contributed by atoms with Crippen LogP contribution in [0, 0.1) is 0 Å². The smallest absolute Gasteiger partial charge is 0.216 e. The van der Waals surface area contributed by atoms with Crippen molar-refractivity contribution in [2.24, 2.45) is 0 Å². The van der Waals surface area contributed by atoms with E-state index >= 15 is 0 Å². The molecule has 0 bridgehead atoms. The first-order valence-electron chi connectivity index (χ1n) is 16.8. The molecule has 2 aliphatic heterocycles. The van der Waals surface area contributed by atoms with Crippen molar-refractivity contribution in [1.29, 1.82) is 0 Å². The summed E-state index contributed by atoms with van der Waals surface area (Å²) >= 11 is 12.9. The Hall–Kier alpha value is -2.46. The van der Waals surface area contributed by atoms with Crippen molar-refractivity contribution < 1.29 is 43.1 Å². The summed E-state index contributed by atoms with van der Waals surface area (Å²) in [6.45, 7) is 6.12. The Morgan fingerprint density at radius 3 is 1.26 bits per heavy atom. The molecule has 258 valence electrons. The number of pyridine rings is 2. The van der Waals surface area contributed by atoms with Gasteiger partial charge in [-0.3, -0.25) is 0 Å². The summed E-state index contributed by atoms with van der Waals surface area (Å²) in [5.41, 5.74) is 7.53. The Labute approximate surface area is 333 Å². The van der Waals surface area contributed by atoms with E-state index in [2.05, 4.69) is 116 Å². The Bertz CT molecular complexity index is 1930. The van der Waals surface area contributed by atoms with Crippen molar-refractivity contribution in [3.8, 4) is 0 Å². The van der Waals surface area contributed by atoms with Gasteiger partial charge in [0.05, 0.1) is 22.1 Å². The fourth-order valence-electron chi connectivity index (χ4n) is 7.11. The Morgan fingerprint density at radius 1 is 0.500 bits per heavy atom. The SMILES string of the molecule is Clc1ccc2c(N3CCCC3)cc[n+](Cc3ccc(SSc4ccc(C[n+]5ccc(N6CCCC6)c6ccc(Cl)cc65)cc4)cc3)c2c1.[Br-].[Br-]. The second-order valence-corrected chi connectivity index (χ2v) is 16.0. The molecule has 2 saturated heterocycles. The lowest BCUT2D eigenvalue weighted by Crippen LogP contribution is -3.00. The average molecular weight is 870 g/mol. The third kappa shape index (κ3) is 8.27. The molecule has 0 radical (unpaired) electrons. The summed E-state index contributed by atoms with van der Waals surface area (Å²) in [5, 5.41) is 4.08. The topological polar surface area (TPSA) is 14.2 Å². The van der Waals surface area contributed by atoms with Gasteiger partial charge in [-0.25, -0.2) is 0 Å². The first-order valence-corrected chi connectivity index (χ1v) is 19.7. The van der Waals surface area contributed by atoms with E-state index in [0.29, 0.717) is 0 Å². The number of rotatable bonds is 9. The number of fused-ring (bicyclic) bond motifs is 2. The maximum absolute atomic E-state index is 6.47. The lowest BCUT2D eigenvalue weighted by atomic mass is 10.1. The molecule has 10 heteroatoms. The van der Waals surface area contributed by atoms with Crippen molar-refractivity contribution in [3.05, 3.63) is 131 Å². The van der Waals surface area contributed by atoms with Crippen LogP contribution in [0.25, 0.3) is 21.8 Å². The van der Waals surface area contributed by atoms with Gasteiger partial charge in [-0.05, 0) is 74.2 Å². The summed E-state index contributed by atoms with van der Waals surface area (Å²) in [6.07, 6.45) is 9.48. The Balaban J connectivity index is 0.00000216. The van der Waals surface area contributed by atoms with Crippen molar-refractivity contribution in [2.45, 2.75) is 48.6 Å². The minimum atomic E-state index is 0. The molecular weight excluding hydrogens is 831 g/mol. The zero-order valence-corrected chi connectivity index (χ0v) is 33.9. The number of benzene rings is 4. The van der Waals surface area contributed by atoms with Crippen molar-refractivity contribution >= 4 is 78.0 Å². The lowest BCUT2D eigenvalue weighted by molar-refractivity contribution is -0.662. The highest BCUT2D eigenvalue weighted by molar-refractivity contribution is 8.76. The number of hydrogen-bond acceptors (Lipinski definition) is 4. The Kier molecular flexibility index (Phi) is 12.6. The highest BCUT2D eigenvalue weighted by Crippen LogP contribution is 2.38. The molecule has 0 spiro atoms. The molecule has 0 aliphatic carbocycles. The lowest BCUT2D eigenvalue weighted by Gasteiger charge is -2.19. The molecule has 6 aromatic rings. The van der Waals surface area contributed by atoms with Crippen LogP contribution in [0.15, 0.2) is 119 Å². The number of anilines is 2. The first kappa shape index (κ1) is 37.3. The van der Waals surface area contributed by atoms with E-state index in [4.69, 9.17) is 23.2 Å². The van der Waals surface area contributed by atoms with E-state index in [-0.39, 0.29) is 34.0 Å². The fourth-order valence-corrected chi connectivity index (χ4v) is 9.38. The zero-order valence-electron chi connectivity index (χ0n) is 27.6. The van der Waals surface area contributed by atoms with Crippen LogP contribution in [-0.4, -0.2) is 26.2 Å². The maximum Gasteiger partial charge on any atom is 0.216 e. The summed E-state index contributed by atoms with van der Waals surface area (Å²) in [6, 6.07) is 35.0. The van der Waals surface area contributed by atoms with Gasteiger partial charge in [0.25, 0.3) is 0 Å². The molecular formula is C40H38Br2Cl2N4S2. The van der Waals surface area contributed by atoms with Gasteiger partial charge in [0.2, 0.25) is 11.0 Å². The molecule has 0 amide bonds. The van der Waals surface area contributed by atoms with E-state index < -0.39 is 0 Å². The second kappa shape index (κ2) is 16.9. The van der Waals surface area contributed by atoms with Gasteiger partial charge in [0, 0.05) is 81.4 Å². The number of nitrogens with zero attached hydrogens (tertiary/aromatic N) is 4. The van der Waals surface area contributed by atoms with Gasteiger partial charge in [0.1, 0.15) is 0 Å². The second-order valence-electron chi connectivity index (χ2n) is 12.8. The van der Waals surface area contributed by atoms with Crippen molar-refractivity contribution in [1.82, 2.24) is 0 Å². The third-order valence-electron chi connectivity index (χ3n) is 9.60. The molecule has 4 aromatic carbocycles. The van der Waals surface area contributed by atoms with E-state index in [1.54, 1.807) is 21.6 Å². The summed E-state index contributed by atoms with van der Waals surface area (Å²) < 4.78 is 4.63. The minimum Gasteiger partial charge on any atom is -1.00 e. The molecule has 50 heavy (non-hydrogen) atoms. The van der Waals surface area contributed by atoms with Crippen LogP contribution in [-0.2, 0) is 13.1 Å². The van der Waals surface area contributed by atoms with Crippen LogP contribution in [0.3, 0.4) is 0 Å².